The molecule has 1 heterocycles. The fraction of sp³-hybridized carbons (Fsp3) is 0.240. The van der Waals surface area contributed by atoms with E-state index in [1.165, 1.54) is 0 Å². The Balaban J connectivity index is 1.41. The molecule has 2 aromatic carbocycles. The van der Waals surface area contributed by atoms with Crippen molar-refractivity contribution in [3.63, 3.8) is 0 Å². The van der Waals surface area contributed by atoms with Crippen LogP contribution in [0.1, 0.15) is 18.1 Å². The van der Waals surface area contributed by atoms with Crippen LogP contribution in [0.15, 0.2) is 79.0 Å². The van der Waals surface area contributed by atoms with E-state index in [9.17, 15) is 14.7 Å². The van der Waals surface area contributed by atoms with Gasteiger partial charge in [0, 0.05) is 18.3 Å². The number of carbonyl (C=O) groups is 2. The maximum absolute atomic E-state index is 12.3. The van der Waals surface area contributed by atoms with Crippen molar-refractivity contribution in [2.75, 3.05) is 6.54 Å². The molecule has 2 amide bonds. The van der Waals surface area contributed by atoms with E-state index in [4.69, 9.17) is 4.74 Å². The molecule has 0 radical (unpaired) electrons. The highest BCUT2D eigenvalue weighted by molar-refractivity contribution is 5.79. The van der Waals surface area contributed by atoms with Gasteiger partial charge >= 0.3 is 6.09 Å². The number of aliphatic hydroxyl groups excluding tert-OH is 1. The van der Waals surface area contributed by atoms with Gasteiger partial charge in [0.25, 0.3) is 0 Å². The summed E-state index contributed by atoms with van der Waals surface area (Å²) in [6.45, 7) is 1.81. The number of alkyl carbamates (subject to hydrolysis) is 1. The van der Waals surface area contributed by atoms with Crippen LogP contribution in [-0.2, 0) is 22.6 Å². The van der Waals surface area contributed by atoms with E-state index in [-0.39, 0.29) is 25.5 Å². The van der Waals surface area contributed by atoms with E-state index < -0.39 is 18.2 Å². The minimum atomic E-state index is -0.955. The molecular weight excluding hydrogens is 406 g/mol. The lowest BCUT2D eigenvalue weighted by Gasteiger charge is -2.20. The van der Waals surface area contributed by atoms with Crippen LogP contribution in [-0.4, -0.2) is 40.8 Å². The summed E-state index contributed by atoms with van der Waals surface area (Å²) in [4.78, 5) is 28.6. The summed E-state index contributed by atoms with van der Waals surface area (Å²) >= 11 is 0. The van der Waals surface area contributed by atoms with Crippen molar-refractivity contribution in [1.82, 2.24) is 15.6 Å². The minimum Gasteiger partial charge on any atom is -0.445 e. The van der Waals surface area contributed by atoms with Crippen molar-refractivity contribution in [2.45, 2.75) is 32.1 Å². The molecule has 0 fully saturated rings. The lowest BCUT2D eigenvalue weighted by atomic mass is 10.1. The van der Waals surface area contributed by atoms with Gasteiger partial charge in [0.05, 0.1) is 24.3 Å². The number of hydrogen-bond acceptors (Lipinski definition) is 5. The SMILES string of the molecule is C[C@H](NC(=O)OCc1ccccc1)C(O)CNC(=O)Cc1cccc(-c2ccccn2)c1. The predicted molar refractivity (Wildman–Crippen MR) is 122 cm³/mol. The zero-order chi connectivity index (χ0) is 22.8. The number of aromatic nitrogens is 1. The maximum atomic E-state index is 12.3. The lowest BCUT2D eigenvalue weighted by molar-refractivity contribution is -0.120. The number of nitrogens with zero attached hydrogens (tertiary/aromatic N) is 1. The molecule has 32 heavy (non-hydrogen) atoms. The van der Waals surface area contributed by atoms with Gasteiger partial charge in [-0.25, -0.2) is 4.79 Å². The molecular formula is C25H27N3O4. The minimum absolute atomic E-state index is 0.0128. The average molecular weight is 434 g/mol. The Hall–Kier alpha value is -3.71. The van der Waals surface area contributed by atoms with E-state index in [0.717, 1.165) is 22.4 Å². The fourth-order valence-corrected chi connectivity index (χ4v) is 3.06. The Morgan fingerprint density at radius 3 is 2.50 bits per heavy atom. The first-order valence-corrected chi connectivity index (χ1v) is 10.4. The summed E-state index contributed by atoms with van der Waals surface area (Å²) in [5.41, 5.74) is 3.48. The van der Waals surface area contributed by atoms with Crippen molar-refractivity contribution in [1.29, 1.82) is 0 Å². The molecule has 3 aromatic rings. The first kappa shape index (κ1) is 23.0. The van der Waals surface area contributed by atoms with Gasteiger partial charge in [-0.1, -0.05) is 54.6 Å². The van der Waals surface area contributed by atoms with Crippen LogP contribution in [0.25, 0.3) is 11.3 Å². The Bertz CT molecular complexity index is 1010. The second-order valence-corrected chi connectivity index (χ2v) is 7.46. The number of aliphatic hydroxyl groups is 1. The molecule has 3 N–H and O–H groups in total. The summed E-state index contributed by atoms with van der Waals surface area (Å²) in [6.07, 6.45) is 0.318. The molecule has 0 aliphatic carbocycles. The number of amides is 2. The Labute approximate surface area is 187 Å². The summed E-state index contributed by atoms with van der Waals surface area (Å²) in [5.74, 6) is -0.221. The highest BCUT2D eigenvalue weighted by atomic mass is 16.5. The number of ether oxygens (including phenoxy) is 1. The standard InChI is InChI=1S/C25H27N3O4/c1-18(28-25(31)32-17-19-8-3-2-4-9-19)23(29)16-27-24(30)15-20-10-7-11-21(14-20)22-12-5-6-13-26-22/h2-14,18,23,29H,15-17H2,1H3,(H,27,30)(H,28,31)/t18-,23?/m0/s1. The third-order valence-electron chi connectivity index (χ3n) is 4.90. The van der Waals surface area contributed by atoms with Crippen LogP contribution < -0.4 is 10.6 Å². The van der Waals surface area contributed by atoms with E-state index in [2.05, 4.69) is 15.6 Å². The van der Waals surface area contributed by atoms with Crippen LogP contribution in [0.5, 0.6) is 0 Å². The Morgan fingerprint density at radius 1 is 1.00 bits per heavy atom. The van der Waals surface area contributed by atoms with Crippen molar-refractivity contribution >= 4 is 12.0 Å². The summed E-state index contributed by atoms with van der Waals surface area (Å²) < 4.78 is 5.15. The highest BCUT2D eigenvalue weighted by Crippen LogP contribution is 2.18. The largest absolute Gasteiger partial charge is 0.445 e. The van der Waals surface area contributed by atoms with E-state index in [0.29, 0.717) is 0 Å². The van der Waals surface area contributed by atoms with E-state index >= 15 is 0 Å². The molecule has 2 atom stereocenters. The highest BCUT2D eigenvalue weighted by Gasteiger charge is 2.18. The number of pyridine rings is 1. The summed E-state index contributed by atoms with van der Waals surface area (Å²) in [6, 6.07) is 22.0. The van der Waals surface area contributed by atoms with Gasteiger partial charge in [-0.3, -0.25) is 9.78 Å². The van der Waals surface area contributed by atoms with Crippen molar-refractivity contribution < 1.29 is 19.4 Å². The second-order valence-electron chi connectivity index (χ2n) is 7.46. The molecule has 0 saturated carbocycles. The first-order chi connectivity index (χ1) is 15.5. The van der Waals surface area contributed by atoms with Crippen LogP contribution >= 0.6 is 0 Å². The third kappa shape index (κ3) is 7.21. The Morgan fingerprint density at radius 2 is 1.75 bits per heavy atom. The van der Waals surface area contributed by atoms with E-state index in [1.807, 2.05) is 72.8 Å². The molecule has 7 nitrogen and oxygen atoms in total. The molecule has 1 unspecified atom stereocenters. The average Bonchev–Trinajstić information content (AvgIpc) is 2.82. The molecule has 0 bridgehead atoms. The number of nitrogens with one attached hydrogen (secondary N) is 2. The van der Waals surface area contributed by atoms with Gasteiger partial charge in [-0.15, -0.1) is 0 Å². The van der Waals surface area contributed by atoms with Crippen LogP contribution in [0.4, 0.5) is 4.79 Å². The zero-order valence-corrected chi connectivity index (χ0v) is 17.9. The second kappa shape index (κ2) is 11.6. The molecule has 0 spiro atoms. The molecule has 0 aliphatic rings. The lowest BCUT2D eigenvalue weighted by Crippen LogP contribution is -2.46. The molecule has 166 valence electrons. The quantitative estimate of drug-likeness (QED) is 0.482. The number of rotatable bonds is 9. The van der Waals surface area contributed by atoms with Crippen LogP contribution in [0.2, 0.25) is 0 Å². The number of carbonyl (C=O) groups excluding carboxylic acids is 2. The fourth-order valence-electron chi connectivity index (χ4n) is 3.06. The maximum Gasteiger partial charge on any atom is 0.407 e. The molecule has 0 saturated heterocycles. The third-order valence-corrected chi connectivity index (χ3v) is 4.90. The van der Waals surface area contributed by atoms with Gasteiger partial charge < -0.3 is 20.5 Å². The van der Waals surface area contributed by atoms with Gasteiger partial charge in [0.15, 0.2) is 0 Å². The van der Waals surface area contributed by atoms with Crippen LogP contribution in [0.3, 0.4) is 0 Å². The topological polar surface area (TPSA) is 101 Å². The van der Waals surface area contributed by atoms with Crippen molar-refractivity contribution in [2.24, 2.45) is 0 Å². The summed E-state index contributed by atoms with van der Waals surface area (Å²) in [5, 5.41) is 15.6. The predicted octanol–water partition coefficient (Wildman–Crippen LogP) is 3.08. The van der Waals surface area contributed by atoms with Crippen molar-refractivity contribution in [3.8, 4) is 11.3 Å². The molecule has 7 heteroatoms. The molecule has 3 rings (SSSR count). The normalized spacial score (nSPS) is 12.4. The molecule has 0 aliphatic heterocycles. The zero-order valence-electron chi connectivity index (χ0n) is 17.9. The van der Waals surface area contributed by atoms with Crippen molar-refractivity contribution in [3.05, 3.63) is 90.1 Å². The first-order valence-electron chi connectivity index (χ1n) is 10.4. The van der Waals surface area contributed by atoms with Crippen LogP contribution in [0, 0.1) is 0 Å². The molecule has 1 aromatic heterocycles. The van der Waals surface area contributed by atoms with Gasteiger partial charge in [-0.05, 0) is 36.2 Å². The smallest absolute Gasteiger partial charge is 0.407 e. The van der Waals surface area contributed by atoms with Gasteiger partial charge in [-0.2, -0.15) is 0 Å². The Kier molecular flexibility index (Phi) is 8.34. The number of hydrogen-bond donors (Lipinski definition) is 3. The number of benzene rings is 2. The summed E-state index contributed by atoms with van der Waals surface area (Å²) in [7, 11) is 0. The van der Waals surface area contributed by atoms with E-state index in [1.54, 1.807) is 13.1 Å². The van der Waals surface area contributed by atoms with Gasteiger partial charge in [0.1, 0.15) is 6.61 Å². The van der Waals surface area contributed by atoms with Gasteiger partial charge in [0.2, 0.25) is 5.91 Å². The monoisotopic (exact) mass is 433 g/mol.